The minimum Gasteiger partial charge on any atom is -0.393 e. The topological polar surface area (TPSA) is 46.2 Å². The van der Waals surface area contributed by atoms with E-state index in [0.717, 1.165) is 37.5 Å². The number of aliphatic hydroxyl groups is 1. The van der Waals surface area contributed by atoms with Crippen molar-refractivity contribution >= 4 is 12.4 Å². The summed E-state index contributed by atoms with van der Waals surface area (Å²) in [4.78, 5) is 0. The summed E-state index contributed by atoms with van der Waals surface area (Å²) in [5.74, 6) is 1.51. The molecule has 0 aromatic rings. The molecule has 0 bridgehead atoms. The molecule has 0 aromatic heterocycles. The van der Waals surface area contributed by atoms with Crippen LogP contribution >= 0.6 is 12.4 Å². The summed E-state index contributed by atoms with van der Waals surface area (Å²) < 4.78 is 0. The van der Waals surface area contributed by atoms with Gasteiger partial charge in [0.05, 0.1) is 6.10 Å². The van der Waals surface area contributed by atoms with Gasteiger partial charge < -0.3 is 10.8 Å². The molecule has 3 N–H and O–H groups in total. The molecular formula is C8H16ClNO. The van der Waals surface area contributed by atoms with E-state index in [0.29, 0.717) is 6.04 Å². The fourth-order valence-corrected chi connectivity index (χ4v) is 2.63. The van der Waals surface area contributed by atoms with Gasteiger partial charge in [0, 0.05) is 6.04 Å². The highest BCUT2D eigenvalue weighted by Crippen LogP contribution is 2.43. The van der Waals surface area contributed by atoms with E-state index < -0.39 is 0 Å². The SMILES string of the molecule is Cl.NC1CC2CC(O)CC2C1. The molecule has 2 unspecified atom stereocenters. The lowest BCUT2D eigenvalue weighted by Gasteiger charge is -2.04. The molecule has 2 nitrogen and oxygen atoms in total. The smallest absolute Gasteiger partial charge is 0.0545 e. The zero-order valence-electron chi connectivity index (χ0n) is 6.57. The van der Waals surface area contributed by atoms with Crippen molar-refractivity contribution in [3.8, 4) is 0 Å². The Hall–Kier alpha value is 0.210. The minimum absolute atomic E-state index is 0. The molecule has 2 rings (SSSR count). The quantitative estimate of drug-likeness (QED) is 0.578. The Morgan fingerprint density at radius 3 is 1.91 bits per heavy atom. The zero-order chi connectivity index (χ0) is 7.14. The molecule has 0 spiro atoms. The molecule has 2 fully saturated rings. The van der Waals surface area contributed by atoms with E-state index in [-0.39, 0.29) is 18.5 Å². The highest BCUT2D eigenvalue weighted by molar-refractivity contribution is 5.85. The van der Waals surface area contributed by atoms with Crippen LogP contribution < -0.4 is 5.73 Å². The van der Waals surface area contributed by atoms with Crippen LogP contribution in [0.25, 0.3) is 0 Å². The van der Waals surface area contributed by atoms with Crippen molar-refractivity contribution in [2.75, 3.05) is 0 Å². The summed E-state index contributed by atoms with van der Waals surface area (Å²) >= 11 is 0. The second-order valence-corrected chi connectivity index (χ2v) is 3.88. The summed E-state index contributed by atoms with van der Waals surface area (Å²) in [6.45, 7) is 0. The molecule has 0 amide bonds. The maximum absolute atomic E-state index is 9.28. The van der Waals surface area contributed by atoms with E-state index in [4.69, 9.17) is 5.73 Å². The van der Waals surface area contributed by atoms with Gasteiger partial charge in [-0.1, -0.05) is 0 Å². The van der Waals surface area contributed by atoms with Crippen molar-refractivity contribution in [3.63, 3.8) is 0 Å². The van der Waals surface area contributed by atoms with E-state index >= 15 is 0 Å². The van der Waals surface area contributed by atoms with Crippen molar-refractivity contribution in [2.24, 2.45) is 17.6 Å². The monoisotopic (exact) mass is 177 g/mol. The molecular weight excluding hydrogens is 162 g/mol. The molecule has 0 radical (unpaired) electrons. The van der Waals surface area contributed by atoms with Crippen molar-refractivity contribution < 1.29 is 5.11 Å². The number of hydrogen-bond acceptors (Lipinski definition) is 2. The number of nitrogens with two attached hydrogens (primary N) is 1. The van der Waals surface area contributed by atoms with Gasteiger partial charge in [-0.2, -0.15) is 0 Å². The highest BCUT2D eigenvalue weighted by Gasteiger charge is 2.39. The summed E-state index contributed by atoms with van der Waals surface area (Å²) in [5, 5.41) is 9.28. The molecule has 2 aliphatic carbocycles. The Labute approximate surface area is 73.6 Å². The Kier molecular flexibility index (Phi) is 2.79. The molecule has 2 aliphatic rings. The average Bonchev–Trinajstić information content (AvgIpc) is 2.21. The number of fused-ring (bicyclic) bond motifs is 1. The summed E-state index contributed by atoms with van der Waals surface area (Å²) in [7, 11) is 0. The Morgan fingerprint density at radius 1 is 1.00 bits per heavy atom. The van der Waals surface area contributed by atoms with Gasteiger partial charge in [-0.05, 0) is 37.5 Å². The van der Waals surface area contributed by atoms with Crippen LogP contribution in [0, 0.1) is 11.8 Å². The number of halogens is 1. The fourth-order valence-electron chi connectivity index (χ4n) is 2.63. The van der Waals surface area contributed by atoms with Gasteiger partial charge in [0.2, 0.25) is 0 Å². The maximum Gasteiger partial charge on any atom is 0.0545 e. The zero-order valence-corrected chi connectivity index (χ0v) is 7.39. The molecule has 2 atom stereocenters. The molecule has 2 saturated carbocycles. The van der Waals surface area contributed by atoms with Crippen molar-refractivity contribution in [3.05, 3.63) is 0 Å². The van der Waals surface area contributed by atoms with Crippen LogP contribution in [0.3, 0.4) is 0 Å². The standard InChI is InChI=1S/C8H15NO.ClH/c9-7-1-5-3-8(10)4-6(5)2-7;/h5-8,10H,1-4,9H2;1H. The van der Waals surface area contributed by atoms with Gasteiger partial charge in [-0.15, -0.1) is 12.4 Å². The molecule has 0 aromatic carbocycles. The van der Waals surface area contributed by atoms with Gasteiger partial charge in [0.1, 0.15) is 0 Å². The molecule has 0 heterocycles. The van der Waals surface area contributed by atoms with E-state index in [2.05, 4.69) is 0 Å². The third kappa shape index (κ3) is 1.68. The summed E-state index contributed by atoms with van der Waals surface area (Å²) in [5.41, 5.74) is 5.79. The molecule has 0 saturated heterocycles. The van der Waals surface area contributed by atoms with Crippen LogP contribution in [-0.2, 0) is 0 Å². The first-order chi connectivity index (χ1) is 4.75. The number of rotatable bonds is 0. The molecule has 3 heteroatoms. The molecule has 11 heavy (non-hydrogen) atoms. The van der Waals surface area contributed by atoms with Crippen LogP contribution in [0.4, 0.5) is 0 Å². The lowest BCUT2D eigenvalue weighted by atomic mass is 10.0. The number of aliphatic hydroxyl groups excluding tert-OH is 1. The molecule has 0 aliphatic heterocycles. The summed E-state index contributed by atoms with van der Waals surface area (Å²) in [6.07, 6.45) is 4.32. The average molecular weight is 178 g/mol. The minimum atomic E-state index is -0.0116. The Morgan fingerprint density at radius 2 is 1.45 bits per heavy atom. The lowest BCUT2D eigenvalue weighted by molar-refractivity contribution is 0.171. The van der Waals surface area contributed by atoms with Gasteiger partial charge in [0.25, 0.3) is 0 Å². The fraction of sp³-hybridized carbons (Fsp3) is 1.00. The second-order valence-electron chi connectivity index (χ2n) is 3.88. The lowest BCUT2D eigenvalue weighted by Crippen LogP contribution is -2.17. The van der Waals surface area contributed by atoms with E-state index in [9.17, 15) is 5.11 Å². The van der Waals surface area contributed by atoms with Crippen LogP contribution in [0.15, 0.2) is 0 Å². The van der Waals surface area contributed by atoms with Gasteiger partial charge in [0.15, 0.2) is 0 Å². The first-order valence-corrected chi connectivity index (χ1v) is 4.19. The predicted octanol–water partition coefficient (Wildman–Crippen LogP) is 0.916. The van der Waals surface area contributed by atoms with Gasteiger partial charge in [-0.3, -0.25) is 0 Å². The van der Waals surface area contributed by atoms with Crippen molar-refractivity contribution in [1.82, 2.24) is 0 Å². The predicted molar refractivity (Wildman–Crippen MR) is 46.7 cm³/mol. The third-order valence-electron chi connectivity index (χ3n) is 3.03. The first-order valence-electron chi connectivity index (χ1n) is 4.19. The Bertz CT molecular complexity index is 114. The van der Waals surface area contributed by atoms with Crippen LogP contribution in [0.2, 0.25) is 0 Å². The maximum atomic E-state index is 9.28. The van der Waals surface area contributed by atoms with Gasteiger partial charge in [-0.25, -0.2) is 0 Å². The van der Waals surface area contributed by atoms with Crippen molar-refractivity contribution in [1.29, 1.82) is 0 Å². The second kappa shape index (κ2) is 3.30. The van der Waals surface area contributed by atoms with Crippen molar-refractivity contribution in [2.45, 2.75) is 37.8 Å². The van der Waals surface area contributed by atoms with Gasteiger partial charge >= 0.3 is 0 Å². The van der Waals surface area contributed by atoms with Crippen LogP contribution in [0.5, 0.6) is 0 Å². The number of hydrogen-bond donors (Lipinski definition) is 2. The Balaban J connectivity index is 0.000000605. The largest absolute Gasteiger partial charge is 0.393 e. The van der Waals surface area contributed by atoms with Crippen LogP contribution in [0.1, 0.15) is 25.7 Å². The first kappa shape index (κ1) is 9.30. The normalized spacial score (nSPS) is 48.5. The van der Waals surface area contributed by atoms with E-state index in [1.807, 2.05) is 0 Å². The third-order valence-corrected chi connectivity index (χ3v) is 3.03. The van der Waals surface area contributed by atoms with Crippen LogP contribution in [-0.4, -0.2) is 17.3 Å². The van der Waals surface area contributed by atoms with E-state index in [1.54, 1.807) is 0 Å². The highest BCUT2D eigenvalue weighted by atomic mass is 35.5. The molecule has 66 valence electrons. The van der Waals surface area contributed by atoms with E-state index in [1.165, 1.54) is 0 Å². The summed E-state index contributed by atoms with van der Waals surface area (Å²) in [6, 6.07) is 0.433.